The van der Waals surface area contributed by atoms with Crippen LogP contribution in [0.2, 0.25) is 0 Å². The third-order valence-electron chi connectivity index (χ3n) is 7.31. The second-order valence-electron chi connectivity index (χ2n) is 11.2. The van der Waals surface area contributed by atoms with E-state index in [2.05, 4.69) is 25.5 Å². The summed E-state index contributed by atoms with van der Waals surface area (Å²) in [5, 5.41) is 6.24. The molecule has 1 saturated heterocycles. The van der Waals surface area contributed by atoms with Crippen molar-refractivity contribution in [1.82, 2.24) is 30.2 Å². The SMILES string of the molecule is COc1ccc(CNc2nccc(-c3[nH]c(C4OCC(C)(C(=O)NCCCN(C)C)CO4)nc3-c3ccc(F)cc3)n2)cc1. The quantitative estimate of drug-likeness (QED) is 0.202. The molecule has 1 fully saturated rings. The van der Waals surface area contributed by atoms with Gasteiger partial charge in [0.25, 0.3) is 0 Å². The Hall–Kier alpha value is -4.39. The number of methoxy groups -OCH3 is 1. The summed E-state index contributed by atoms with van der Waals surface area (Å²) >= 11 is 0. The fraction of sp³-hybridized carbons (Fsp3) is 0.375. The Morgan fingerprint density at radius 1 is 1.09 bits per heavy atom. The monoisotopic (exact) mass is 603 g/mol. The highest BCUT2D eigenvalue weighted by molar-refractivity contribution is 5.82. The predicted octanol–water partition coefficient (Wildman–Crippen LogP) is 4.41. The van der Waals surface area contributed by atoms with Gasteiger partial charge in [0.15, 0.2) is 5.82 Å². The van der Waals surface area contributed by atoms with Crippen molar-refractivity contribution in [2.24, 2.45) is 5.41 Å². The number of aromatic nitrogens is 4. The van der Waals surface area contributed by atoms with Crippen LogP contribution in [-0.4, -0.2) is 78.3 Å². The van der Waals surface area contributed by atoms with Crippen LogP contribution in [0.3, 0.4) is 0 Å². The van der Waals surface area contributed by atoms with Gasteiger partial charge >= 0.3 is 0 Å². The number of hydrogen-bond acceptors (Lipinski definition) is 9. The Bertz CT molecular complexity index is 1540. The van der Waals surface area contributed by atoms with E-state index < -0.39 is 11.7 Å². The van der Waals surface area contributed by atoms with Crippen molar-refractivity contribution >= 4 is 11.9 Å². The fourth-order valence-electron chi connectivity index (χ4n) is 4.72. The van der Waals surface area contributed by atoms with Gasteiger partial charge in [-0.3, -0.25) is 4.79 Å². The number of aromatic amines is 1. The number of benzene rings is 2. The zero-order valence-electron chi connectivity index (χ0n) is 25.4. The van der Waals surface area contributed by atoms with Crippen LogP contribution in [-0.2, 0) is 20.8 Å². The van der Waals surface area contributed by atoms with Crippen LogP contribution in [0, 0.1) is 11.2 Å². The molecular weight excluding hydrogens is 565 g/mol. The van der Waals surface area contributed by atoms with Crippen LogP contribution in [0.1, 0.15) is 31.0 Å². The molecule has 0 unspecified atom stereocenters. The lowest BCUT2D eigenvalue weighted by atomic mass is 9.91. The van der Waals surface area contributed by atoms with E-state index in [1.54, 1.807) is 31.5 Å². The zero-order chi connectivity index (χ0) is 31.1. The van der Waals surface area contributed by atoms with E-state index in [0.29, 0.717) is 47.5 Å². The summed E-state index contributed by atoms with van der Waals surface area (Å²) in [4.78, 5) is 32.2. The van der Waals surface area contributed by atoms with Gasteiger partial charge in [0.1, 0.15) is 11.6 Å². The van der Waals surface area contributed by atoms with Crippen LogP contribution in [0.15, 0.2) is 60.8 Å². The van der Waals surface area contributed by atoms with Crippen molar-refractivity contribution < 1.29 is 23.4 Å². The van der Waals surface area contributed by atoms with E-state index in [1.165, 1.54) is 12.1 Å². The third-order valence-corrected chi connectivity index (χ3v) is 7.31. The molecular formula is C32H38FN7O4. The lowest BCUT2D eigenvalue weighted by Gasteiger charge is -2.35. The van der Waals surface area contributed by atoms with Gasteiger partial charge in [-0.25, -0.2) is 19.3 Å². The summed E-state index contributed by atoms with van der Waals surface area (Å²) in [5.41, 5.74) is 2.62. The Morgan fingerprint density at radius 2 is 1.82 bits per heavy atom. The molecule has 12 heteroatoms. The molecule has 44 heavy (non-hydrogen) atoms. The second kappa shape index (κ2) is 13.9. The Labute approximate surface area is 256 Å². The molecule has 2 aromatic carbocycles. The van der Waals surface area contributed by atoms with Gasteiger partial charge < -0.3 is 34.7 Å². The first-order chi connectivity index (χ1) is 21.2. The number of amides is 1. The largest absolute Gasteiger partial charge is 0.497 e. The third kappa shape index (κ3) is 7.57. The van der Waals surface area contributed by atoms with Crippen molar-refractivity contribution in [1.29, 1.82) is 0 Å². The van der Waals surface area contributed by atoms with Crippen LogP contribution in [0.5, 0.6) is 5.75 Å². The molecule has 1 aliphatic heterocycles. The highest BCUT2D eigenvalue weighted by Gasteiger charge is 2.40. The van der Waals surface area contributed by atoms with Gasteiger partial charge in [-0.05, 0) is 82.0 Å². The summed E-state index contributed by atoms with van der Waals surface area (Å²) in [6.45, 7) is 4.12. The average Bonchev–Trinajstić information content (AvgIpc) is 3.48. The van der Waals surface area contributed by atoms with Gasteiger partial charge in [0, 0.05) is 24.8 Å². The molecule has 3 heterocycles. The first-order valence-corrected chi connectivity index (χ1v) is 14.5. The van der Waals surface area contributed by atoms with Crippen molar-refractivity contribution in [3.05, 3.63) is 78.0 Å². The average molecular weight is 604 g/mol. The number of halogens is 1. The van der Waals surface area contributed by atoms with Crippen molar-refractivity contribution in [2.45, 2.75) is 26.2 Å². The second-order valence-corrected chi connectivity index (χ2v) is 11.2. The number of hydrogen-bond donors (Lipinski definition) is 3. The molecule has 0 bridgehead atoms. The van der Waals surface area contributed by atoms with E-state index in [4.69, 9.17) is 24.2 Å². The van der Waals surface area contributed by atoms with E-state index in [1.807, 2.05) is 45.3 Å². The van der Waals surface area contributed by atoms with Gasteiger partial charge in [-0.1, -0.05) is 12.1 Å². The number of nitrogens with zero attached hydrogens (tertiary/aromatic N) is 4. The van der Waals surface area contributed by atoms with Crippen LogP contribution in [0.25, 0.3) is 22.6 Å². The predicted molar refractivity (Wildman–Crippen MR) is 164 cm³/mol. The normalized spacial score (nSPS) is 18.3. The molecule has 4 aromatic rings. The number of rotatable bonds is 12. The Kier molecular flexibility index (Phi) is 9.83. The first-order valence-electron chi connectivity index (χ1n) is 14.5. The van der Waals surface area contributed by atoms with Gasteiger partial charge in [0.2, 0.25) is 18.1 Å². The topological polar surface area (TPSA) is 127 Å². The highest BCUT2D eigenvalue weighted by atomic mass is 19.1. The van der Waals surface area contributed by atoms with Gasteiger partial charge in [-0.15, -0.1) is 0 Å². The molecule has 232 valence electrons. The Morgan fingerprint density at radius 3 is 2.50 bits per heavy atom. The van der Waals surface area contributed by atoms with Crippen molar-refractivity contribution in [2.75, 3.05) is 52.8 Å². The summed E-state index contributed by atoms with van der Waals surface area (Å²) in [7, 11) is 5.63. The minimum Gasteiger partial charge on any atom is -0.497 e. The molecule has 3 N–H and O–H groups in total. The summed E-state index contributed by atoms with van der Waals surface area (Å²) in [6, 6.07) is 15.6. The number of ether oxygens (including phenoxy) is 3. The molecule has 1 aliphatic rings. The molecule has 0 spiro atoms. The van der Waals surface area contributed by atoms with Crippen molar-refractivity contribution in [3.8, 4) is 28.4 Å². The fourth-order valence-corrected chi connectivity index (χ4v) is 4.72. The summed E-state index contributed by atoms with van der Waals surface area (Å²) in [5.74, 6) is 1.16. The molecule has 5 rings (SSSR count). The highest BCUT2D eigenvalue weighted by Crippen LogP contribution is 2.35. The summed E-state index contributed by atoms with van der Waals surface area (Å²) in [6.07, 6.45) is 1.68. The number of carbonyl (C=O) groups excluding carboxylic acids is 1. The van der Waals surface area contributed by atoms with Crippen LogP contribution >= 0.6 is 0 Å². The van der Waals surface area contributed by atoms with E-state index in [9.17, 15) is 9.18 Å². The lowest BCUT2D eigenvalue weighted by molar-refractivity contribution is -0.231. The molecule has 0 saturated carbocycles. The number of anilines is 1. The molecule has 0 aliphatic carbocycles. The standard InChI is InChI=1S/C32H38FN7O4/c1-32(30(41)34-15-5-17-40(2)3)19-43-29(44-20-32)28-38-26(22-8-10-23(33)11-9-22)27(39-28)25-14-16-35-31(37-25)36-18-21-6-12-24(42-4)13-7-21/h6-14,16,29H,5,15,17-20H2,1-4H3,(H,34,41)(H,38,39)(H,35,36,37). The number of H-pyrrole nitrogens is 1. The smallest absolute Gasteiger partial charge is 0.230 e. The van der Waals surface area contributed by atoms with E-state index >= 15 is 0 Å². The Balaban J connectivity index is 1.33. The van der Waals surface area contributed by atoms with E-state index in [-0.39, 0.29) is 24.9 Å². The zero-order valence-corrected chi connectivity index (χ0v) is 25.4. The van der Waals surface area contributed by atoms with Crippen LogP contribution < -0.4 is 15.4 Å². The number of carbonyl (C=O) groups is 1. The number of nitrogens with one attached hydrogen (secondary N) is 3. The summed E-state index contributed by atoms with van der Waals surface area (Å²) < 4.78 is 31.1. The maximum atomic E-state index is 13.8. The minimum atomic E-state index is -0.832. The van der Waals surface area contributed by atoms with E-state index in [0.717, 1.165) is 24.3 Å². The maximum absolute atomic E-state index is 13.8. The van der Waals surface area contributed by atoms with Gasteiger partial charge in [-0.2, -0.15) is 0 Å². The minimum absolute atomic E-state index is 0.113. The molecule has 0 atom stereocenters. The molecule has 11 nitrogen and oxygen atoms in total. The van der Waals surface area contributed by atoms with Crippen LogP contribution in [0.4, 0.5) is 10.3 Å². The van der Waals surface area contributed by atoms with Crippen molar-refractivity contribution in [3.63, 3.8) is 0 Å². The van der Waals surface area contributed by atoms with Gasteiger partial charge in [0.05, 0.1) is 42.8 Å². The molecule has 2 aromatic heterocycles. The number of imidazole rings is 1. The lowest BCUT2D eigenvalue weighted by Crippen LogP contribution is -2.49. The first kappa shape index (κ1) is 31.0. The molecule has 1 amide bonds. The maximum Gasteiger partial charge on any atom is 0.230 e. The molecule has 0 radical (unpaired) electrons.